The van der Waals surface area contributed by atoms with E-state index in [1.54, 1.807) is 21.6 Å². The fourth-order valence-corrected chi connectivity index (χ4v) is 6.66. The summed E-state index contributed by atoms with van der Waals surface area (Å²) in [6, 6.07) is -0.901. The number of aliphatic carboxylic acids is 3. The zero-order chi connectivity index (χ0) is 48.4. The van der Waals surface area contributed by atoms with Crippen LogP contribution in [0.5, 0.6) is 0 Å². The van der Waals surface area contributed by atoms with Gasteiger partial charge in [-0.3, -0.25) is 38.8 Å². The van der Waals surface area contributed by atoms with Crippen LogP contribution in [0.3, 0.4) is 0 Å². The SMILES string of the molecule is C.CCCC(C)=O.CNCCOCCOCCOCCNC(=O)[C@]1(C)CC/C=C/CCC1.CO.O=CCCC(C(=O)O)N1CCN(CC=O)CCN(CC(=O)O)CCN(CC(=O)O)CC1. The van der Waals surface area contributed by atoms with Crippen LogP contribution in [0.2, 0.25) is 0 Å². The molecule has 2 rings (SSSR count). The van der Waals surface area contributed by atoms with Gasteiger partial charge in [-0.1, -0.05) is 33.4 Å². The highest BCUT2D eigenvalue weighted by atomic mass is 16.5. The van der Waals surface area contributed by atoms with Gasteiger partial charge < -0.3 is 59.7 Å². The molecule has 0 aromatic carbocycles. The van der Waals surface area contributed by atoms with Crippen molar-refractivity contribution in [2.75, 3.05) is 139 Å². The van der Waals surface area contributed by atoms with E-state index in [1.807, 2.05) is 18.9 Å². The Morgan fingerprint density at radius 1 is 0.723 bits per heavy atom. The Hall–Kier alpha value is -3.73. The number of hydrogen-bond acceptors (Lipinski definition) is 16. The number of ketones is 1. The summed E-state index contributed by atoms with van der Waals surface area (Å²) in [5, 5.41) is 41.0. The minimum Gasteiger partial charge on any atom is -0.480 e. The monoisotopic (exact) mass is 935 g/mol. The van der Waals surface area contributed by atoms with Gasteiger partial charge in [-0.2, -0.15) is 0 Å². The summed E-state index contributed by atoms with van der Waals surface area (Å²) in [4.78, 5) is 85.4. The molecule has 0 aromatic heterocycles. The number of carboxylic acid groups (broad SMARTS) is 3. The van der Waals surface area contributed by atoms with Crippen LogP contribution in [0.4, 0.5) is 0 Å². The Balaban J connectivity index is -0.00000102. The van der Waals surface area contributed by atoms with Gasteiger partial charge in [0.05, 0.1) is 59.3 Å². The van der Waals surface area contributed by atoms with E-state index in [0.29, 0.717) is 91.7 Å². The number of carbonyl (C=O) groups excluding carboxylic acids is 4. The number of aldehydes is 2. The molecule has 0 saturated carbocycles. The molecule has 1 saturated heterocycles. The number of nitrogens with one attached hydrogen (secondary N) is 2. The number of nitrogens with zero attached hydrogens (tertiary/aromatic N) is 4. The van der Waals surface area contributed by atoms with E-state index in [9.17, 15) is 43.8 Å². The number of aliphatic hydroxyl groups is 1. The molecule has 6 N–H and O–H groups in total. The van der Waals surface area contributed by atoms with E-state index in [0.717, 1.165) is 64.9 Å². The van der Waals surface area contributed by atoms with Crippen LogP contribution < -0.4 is 10.6 Å². The summed E-state index contributed by atoms with van der Waals surface area (Å²) < 4.78 is 16.3. The van der Waals surface area contributed by atoms with Gasteiger partial charge in [0, 0.05) is 90.8 Å². The van der Waals surface area contributed by atoms with Crippen LogP contribution in [-0.2, 0) is 47.8 Å². The van der Waals surface area contributed by atoms with Gasteiger partial charge in [-0.15, -0.1) is 0 Å². The van der Waals surface area contributed by atoms with Crippen LogP contribution in [0.1, 0.15) is 86.0 Å². The third-order valence-corrected chi connectivity index (χ3v) is 10.3. The van der Waals surface area contributed by atoms with E-state index in [4.69, 9.17) is 24.4 Å². The summed E-state index contributed by atoms with van der Waals surface area (Å²) >= 11 is 0. The second-order valence-corrected chi connectivity index (χ2v) is 15.6. The molecule has 1 heterocycles. The van der Waals surface area contributed by atoms with Gasteiger partial charge in [-0.05, 0) is 58.9 Å². The van der Waals surface area contributed by atoms with Crippen molar-refractivity contribution in [1.29, 1.82) is 0 Å². The lowest BCUT2D eigenvalue weighted by atomic mass is 9.78. The molecule has 1 fully saturated rings. The standard InChI is InChI=1S/C19H32N4O8.C19H36N2O4.C5H10O.CH4O.CH4/c24-12-1-2-16(19(30)31)23-9-7-20(11-13-25)3-4-21(14-17(26)27)5-6-22(8-10-23)15-18(28)29;1-19(8-6-4-3-5-7-9-19)18(22)21-11-13-24-15-17-25-16-14-23-12-10-20-2;1-3-4-5(2)6;1-2;/h12-13,16H,1-11,14-15H2,(H,26,27)(H,28,29)(H,30,31);3-4,20H,5-17H2,1-2H3,(H,21,22);3-4H2,1-2H3;2H,1H3;1H4/b;4-3+;;;/t;19-;;;/m.1.../s1. The molecule has 1 aliphatic heterocycles. The fourth-order valence-electron chi connectivity index (χ4n) is 6.66. The molecule has 1 amide bonds. The predicted octanol–water partition coefficient (Wildman–Crippen LogP) is 1.53. The summed E-state index contributed by atoms with van der Waals surface area (Å²) in [7, 11) is 2.90. The number of allylic oxidation sites excluding steroid dienone is 2. The van der Waals surface area contributed by atoms with Crippen LogP contribution >= 0.6 is 0 Å². The average molecular weight is 935 g/mol. The number of aliphatic hydroxyl groups excluding tert-OH is 1. The number of carbonyl (C=O) groups is 7. The number of rotatable bonds is 26. The smallest absolute Gasteiger partial charge is 0.320 e. The van der Waals surface area contributed by atoms with Gasteiger partial charge in [0.2, 0.25) is 5.91 Å². The zero-order valence-corrected chi connectivity index (χ0v) is 39.3. The van der Waals surface area contributed by atoms with Crippen molar-refractivity contribution in [2.24, 2.45) is 5.41 Å². The van der Waals surface area contributed by atoms with Crippen molar-refractivity contribution >= 4 is 42.2 Å². The van der Waals surface area contributed by atoms with Crippen molar-refractivity contribution in [3.05, 3.63) is 12.2 Å². The topological polar surface area (TPSA) is 265 Å². The maximum Gasteiger partial charge on any atom is 0.320 e. The summed E-state index contributed by atoms with van der Waals surface area (Å²) in [6.07, 6.45) is 12.8. The Labute approximate surface area is 388 Å². The predicted molar refractivity (Wildman–Crippen MR) is 249 cm³/mol. The number of amides is 1. The van der Waals surface area contributed by atoms with Crippen LogP contribution in [0, 0.1) is 5.41 Å². The van der Waals surface area contributed by atoms with Gasteiger partial charge in [0.1, 0.15) is 24.4 Å². The number of carboxylic acids is 3. The second kappa shape index (κ2) is 44.1. The molecule has 0 bridgehead atoms. The molecular formula is C45H86N6O14. The summed E-state index contributed by atoms with van der Waals surface area (Å²) in [5.41, 5.74) is -0.249. The van der Waals surface area contributed by atoms with E-state index in [1.165, 1.54) is 0 Å². The van der Waals surface area contributed by atoms with E-state index >= 15 is 0 Å². The molecule has 0 aromatic rings. The van der Waals surface area contributed by atoms with Crippen LogP contribution in [0.15, 0.2) is 12.2 Å². The van der Waals surface area contributed by atoms with Crippen LogP contribution in [0.25, 0.3) is 0 Å². The van der Waals surface area contributed by atoms with E-state index < -0.39 is 23.9 Å². The molecule has 2 atom stereocenters. The number of Topliss-reactive ketones (excluding diaryl/α,β-unsaturated/α-hetero) is 1. The zero-order valence-electron chi connectivity index (χ0n) is 39.3. The first-order valence-corrected chi connectivity index (χ1v) is 22.4. The first-order valence-electron chi connectivity index (χ1n) is 22.4. The van der Waals surface area contributed by atoms with Gasteiger partial charge in [0.25, 0.3) is 0 Å². The number of hydrogen-bond donors (Lipinski definition) is 6. The average Bonchev–Trinajstić information content (AvgIpc) is 3.24. The normalized spacial score (nSPS) is 18.7. The molecule has 0 radical (unpaired) electrons. The fraction of sp³-hybridized carbons (Fsp3) is 0.800. The van der Waals surface area contributed by atoms with Gasteiger partial charge >= 0.3 is 17.9 Å². The highest BCUT2D eigenvalue weighted by Crippen LogP contribution is 2.32. The minimum atomic E-state index is -1.06. The third kappa shape index (κ3) is 37.1. The Kier molecular flexibility index (Phi) is 44.5. The maximum absolute atomic E-state index is 12.4. The largest absolute Gasteiger partial charge is 0.480 e. The van der Waals surface area contributed by atoms with Crippen molar-refractivity contribution in [3.8, 4) is 0 Å². The Bertz CT molecular complexity index is 1300. The molecule has 2 aliphatic rings. The molecule has 1 aliphatic carbocycles. The molecular weight excluding hydrogens is 849 g/mol. The molecule has 20 heteroatoms. The lowest BCUT2D eigenvalue weighted by Crippen LogP contribution is -2.51. The first kappa shape index (κ1) is 65.5. The summed E-state index contributed by atoms with van der Waals surface area (Å²) in [5.74, 6) is -2.65. The lowest BCUT2D eigenvalue weighted by Gasteiger charge is -2.35. The molecule has 1 unspecified atom stereocenters. The van der Waals surface area contributed by atoms with Crippen LogP contribution in [-0.4, -0.2) is 227 Å². The second-order valence-electron chi connectivity index (χ2n) is 15.6. The van der Waals surface area contributed by atoms with Gasteiger partial charge in [-0.25, -0.2) is 0 Å². The third-order valence-electron chi connectivity index (χ3n) is 10.3. The quantitative estimate of drug-likeness (QED) is 0.0408. The number of likely N-dealkylation sites (N-methyl/N-ethyl adjacent to an activating group) is 1. The van der Waals surface area contributed by atoms with E-state index in [-0.39, 0.29) is 70.1 Å². The van der Waals surface area contributed by atoms with Gasteiger partial charge in [0.15, 0.2) is 0 Å². The van der Waals surface area contributed by atoms with E-state index in [2.05, 4.69) is 29.7 Å². The number of ether oxygens (including phenoxy) is 3. The van der Waals surface area contributed by atoms with Crippen molar-refractivity contribution in [1.82, 2.24) is 30.2 Å². The molecule has 0 spiro atoms. The maximum atomic E-state index is 12.4. The molecule has 20 nitrogen and oxygen atoms in total. The highest BCUT2D eigenvalue weighted by Gasteiger charge is 2.32. The molecule has 380 valence electrons. The molecule has 65 heavy (non-hydrogen) atoms. The summed E-state index contributed by atoms with van der Waals surface area (Å²) in [6.45, 7) is 12.9. The minimum absolute atomic E-state index is 0. The Morgan fingerprint density at radius 2 is 1.22 bits per heavy atom. The van der Waals surface area contributed by atoms with Crippen molar-refractivity contribution in [2.45, 2.75) is 92.0 Å². The van der Waals surface area contributed by atoms with Crippen molar-refractivity contribution in [3.63, 3.8) is 0 Å². The Morgan fingerprint density at radius 3 is 1.68 bits per heavy atom. The first-order chi connectivity index (χ1) is 30.7. The van der Waals surface area contributed by atoms with Crippen molar-refractivity contribution < 1.29 is 68.2 Å². The lowest BCUT2D eigenvalue weighted by molar-refractivity contribution is -0.144. The highest BCUT2D eigenvalue weighted by molar-refractivity contribution is 5.82.